The lowest BCUT2D eigenvalue weighted by Crippen LogP contribution is -2.44. The average molecular weight is 410 g/mol. The molecule has 1 rings (SSSR count). The second kappa shape index (κ2) is 9.84. The molecule has 0 heterocycles. The molecule has 0 aliphatic heterocycles. The van der Waals surface area contributed by atoms with Crippen molar-refractivity contribution in [1.29, 1.82) is 0 Å². The predicted octanol–water partition coefficient (Wildman–Crippen LogP) is 3.58. The lowest BCUT2D eigenvalue weighted by molar-refractivity contribution is -0.120. The molecule has 1 aromatic carbocycles. The van der Waals surface area contributed by atoms with Gasteiger partial charge in [-0.3, -0.25) is 4.79 Å². The summed E-state index contributed by atoms with van der Waals surface area (Å²) in [7, 11) is -3.45. The summed E-state index contributed by atoms with van der Waals surface area (Å²) in [5.74, 6) is -0.662. The molecule has 0 spiro atoms. The summed E-state index contributed by atoms with van der Waals surface area (Å²) < 4.78 is 21.8. The van der Waals surface area contributed by atoms with Crippen molar-refractivity contribution in [3.8, 4) is 0 Å². The lowest BCUT2D eigenvalue weighted by Gasteiger charge is -2.23. The maximum absolute atomic E-state index is 12.9. The number of nitrogens with one attached hydrogen (secondary N) is 1. The van der Waals surface area contributed by atoms with Crippen LogP contribution in [-0.4, -0.2) is 27.9 Å². The number of rotatable bonds is 7. The first-order valence-electron chi connectivity index (χ1n) is 9.12. The minimum atomic E-state index is -3.45. The molecule has 0 aromatic heterocycles. The standard InChI is InChI=1S/C20H31N3O4S/c1-7-9-15-10-8-11-16(13-15)28(21,26)23-18(24)17(12-14(2)3)22-19(25)27-20(4,5)6/h7-8,10-11,13-14,17H,1,9,12H2,2-6H3,(H,22,25)(H2,21,23,24,26)/t17-,28?/m0/s1. The maximum atomic E-state index is 12.9. The maximum Gasteiger partial charge on any atom is 0.408 e. The van der Waals surface area contributed by atoms with E-state index in [2.05, 4.69) is 16.3 Å². The third-order valence-corrected chi connectivity index (χ3v) is 4.92. The number of nitrogens with two attached hydrogens (primary N) is 1. The lowest BCUT2D eigenvalue weighted by atomic mass is 10.0. The van der Waals surface area contributed by atoms with Gasteiger partial charge in [-0.2, -0.15) is 0 Å². The van der Waals surface area contributed by atoms with Crippen molar-refractivity contribution in [3.05, 3.63) is 42.5 Å². The van der Waals surface area contributed by atoms with Crippen LogP contribution < -0.4 is 10.5 Å². The van der Waals surface area contributed by atoms with Gasteiger partial charge >= 0.3 is 6.09 Å². The molecular weight excluding hydrogens is 378 g/mol. The predicted molar refractivity (Wildman–Crippen MR) is 111 cm³/mol. The van der Waals surface area contributed by atoms with E-state index in [-0.39, 0.29) is 10.8 Å². The number of hydrogen-bond donors (Lipinski definition) is 2. The Hall–Kier alpha value is -2.19. The van der Waals surface area contributed by atoms with Gasteiger partial charge < -0.3 is 10.1 Å². The third-order valence-electron chi connectivity index (χ3n) is 3.54. The smallest absolute Gasteiger partial charge is 0.408 e. The van der Waals surface area contributed by atoms with Crippen molar-refractivity contribution in [2.45, 2.75) is 64.0 Å². The van der Waals surface area contributed by atoms with Gasteiger partial charge in [0.1, 0.15) is 21.6 Å². The van der Waals surface area contributed by atoms with Crippen molar-refractivity contribution < 1.29 is 18.5 Å². The molecule has 0 saturated carbocycles. The van der Waals surface area contributed by atoms with Crippen molar-refractivity contribution in [3.63, 3.8) is 0 Å². The van der Waals surface area contributed by atoms with Gasteiger partial charge in [-0.25, -0.2) is 14.1 Å². The van der Waals surface area contributed by atoms with E-state index < -0.39 is 33.6 Å². The van der Waals surface area contributed by atoms with Crippen LogP contribution >= 0.6 is 0 Å². The fourth-order valence-corrected chi connectivity index (χ4v) is 3.51. The molecule has 0 aliphatic rings. The zero-order valence-corrected chi connectivity index (χ0v) is 18.0. The molecule has 28 heavy (non-hydrogen) atoms. The number of benzene rings is 1. The van der Waals surface area contributed by atoms with Gasteiger partial charge in [-0.05, 0) is 57.2 Å². The Kier molecular flexibility index (Phi) is 8.38. The quantitative estimate of drug-likeness (QED) is 0.670. The first-order chi connectivity index (χ1) is 12.8. The van der Waals surface area contributed by atoms with Crippen LogP contribution in [0.15, 0.2) is 46.2 Å². The van der Waals surface area contributed by atoms with E-state index in [1.54, 1.807) is 45.0 Å². The van der Waals surface area contributed by atoms with Crippen molar-refractivity contribution >= 4 is 21.9 Å². The fraction of sp³-hybridized carbons (Fsp3) is 0.500. The monoisotopic (exact) mass is 409 g/mol. The minimum Gasteiger partial charge on any atom is -0.444 e. The molecule has 0 aliphatic carbocycles. The third kappa shape index (κ3) is 8.22. The highest BCUT2D eigenvalue weighted by molar-refractivity contribution is 7.91. The fourth-order valence-electron chi connectivity index (χ4n) is 2.41. The average Bonchev–Trinajstić information content (AvgIpc) is 2.52. The number of carbonyl (C=O) groups is 2. The molecule has 0 fully saturated rings. The van der Waals surface area contributed by atoms with Crippen LogP contribution in [0.1, 0.15) is 46.6 Å². The van der Waals surface area contributed by atoms with Gasteiger partial charge in [0, 0.05) is 0 Å². The van der Waals surface area contributed by atoms with Gasteiger partial charge in [0.25, 0.3) is 5.91 Å². The molecule has 2 atom stereocenters. The second-order valence-electron chi connectivity index (χ2n) is 7.97. The molecule has 8 heteroatoms. The van der Waals surface area contributed by atoms with Gasteiger partial charge in [-0.1, -0.05) is 32.1 Å². The normalized spacial score (nSPS) is 14.7. The van der Waals surface area contributed by atoms with Crippen LogP contribution in [0.2, 0.25) is 0 Å². The molecular formula is C20H31N3O4S. The van der Waals surface area contributed by atoms with E-state index in [9.17, 15) is 13.8 Å². The topological polar surface area (TPSA) is 111 Å². The summed E-state index contributed by atoms with van der Waals surface area (Å²) in [5.41, 5.74) is 0.151. The van der Waals surface area contributed by atoms with Gasteiger partial charge in [0.2, 0.25) is 0 Å². The number of allylic oxidation sites excluding steroid dienone is 1. The zero-order valence-electron chi connectivity index (χ0n) is 17.2. The summed E-state index contributed by atoms with van der Waals surface area (Å²) in [4.78, 5) is 25.0. The highest BCUT2D eigenvalue weighted by Crippen LogP contribution is 2.15. The van der Waals surface area contributed by atoms with Gasteiger partial charge in [0.05, 0.1) is 4.90 Å². The first-order valence-corrected chi connectivity index (χ1v) is 10.7. The van der Waals surface area contributed by atoms with E-state index in [1.165, 1.54) is 0 Å². The van der Waals surface area contributed by atoms with E-state index >= 15 is 0 Å². The number of ether oxygens (including phenoxy) is 1. The van der Waals surface area contributed by atoms with Crippen LogP contribution in [-0.2, 0) is 25.9 Å². The van der Waals surface area contributed by atoms with Crippen molar-refractivity contribution in [2.75, 3.05) is 0 Å². The highest BCUT2D eigenvalue weighted by atomic mass is 32.2. The van der Waals surface area contributed by atoms with Crippen LogP contribution in [0, 0.1) is 5.92 Å². The molecule has 1 aromatic rings. The van der Waals surface area contributed by atoms with Crippen LogP contribution in [0.3, 0.4) is 0 Å². The summed E-state index contributed by atoms with van der Waals surface area (Å²) in [6.45, 7) is 12.6. The number of nitrogens with zero attached hydrogens (tertiary/aromatic N) is 1. The van der Waals surface area contributed by atoms with Crippen LogP contribution in [0.5, 0.6) is 0 Å². The number of hydrogen-bond acceptors (Lipinski definition) is 4. The van der Waals surface area contributed by atoms with E-state index in [1.807, 2.05) is 19.9 Å². The molecule has 2 amide bonds. The number of carbonyl (C=O) groups excluding carboxylic acids is 2. The zero-order chi connectivity index (χ0) is 21.5. The number of alkyl carbamates (subject to hydrolysis) is 1. The Bertz CT molecular complexity index is 834. The van der Waals surface area contributed by atoms with E-state index in [0.717, 1.165) is 5.56 Å². The second-order valence-corrected chi connectivity index (χ2v) is 9.76. The SMILES string of the molecule is C=CCc1cccc(S(N)(=O)=NC(=O)[C@H](CC(C)C)NC(=O)OC(C)(C)C)c1. The molecule has 7 nitrogen and oxygen atoms in total. The van der Waals surface area contributed by atoms with Crippen LogP contribution in [0.4, 0.5) is 4.79 Å². The summed E-state index contributed by atoms with van der Waals surface area (Å²) in [5, 5.41) is 8.39. The Morgan fingerprint density at radius 3 is 2.54 bits per heavy atom. The molecule has 0 bridgehead atoms. The van der Waals surface area contributed by atoms with Gasteiger partial charge in [0.15, 0.2) is 0 Å². The summed E-state index contributed by atoms with van der Waals surface area (Å²) in [6, 6.07) is 5.76. The molecule has 0 radical (unpaired) electrons. The molecule has 1 unspecified atom stereocenters. The molecule has 0 saturated heterocycles. The molecule has 3 N–H and O–H groups in total. The molecule has 156 valence electrons. The minimum absolute atomic E-state index is 0.0869. The van der Waals surface area contributed by atoms with Crippen molar-refractivity contribution in [1.82, 2.24) is 5.32 Å². The summed E-state index contributed by atoms with van der Waals surface area (Å²) in [6.07, 6.45) is 1.86. The number of amides is 2. The van der Waals surface area contributed by atoms with Crippen molar-refractivity contribution in [2.24, 2.45) is 15.4 Å². The summed E-state index contributed by atoms with van der Waals surface area (Å²) >= 11 is 0. The first kappa shape index (κ1) is 23.8. The van der Waals surface area contributed by atoms with E-state index in [4.69, 9.17) is 9.88 Å². The Labute approximate surface area is 168 Å². The Morgan fingerprint density at radius 2 is 2.00 bits per heavy atom. The Morgan fingerprint density at radius 1 is 1.36 bits per heavy atom. The largest absolute Gasteiger partial charge is 0.444 e. The van der Waals surface area contributed by atoms with Gasteiger partial charge in [-0.15, -0.1) is 10.9 Å². The van der Waals surface area contributed by atoms with E-state index in [0.29, 0.717) is 12.8 Å². The highest BCUT2D eigenvalue weighted by Gasteiger charge is 2.26. The Balaban J connectivity index is 3.13. The van der Waals surface area contributed by atoms with Crippen LogP contribution in [0.25, 0.3) is 0 Å².